The smallest absolute Gasteiger partial charge is 0.355 e. The first kappa shape index (κ1) is 55.3. The molecule has 4 aromatic heterocycles. The molecular formula is C54H61F3N12O7S2. The fourth-order valence-corrected chi connectivity index (χ4v) is 11.3. The summed E-state index contributed by atoms with van der Waals surface area (Å²) in [6.45, 7) is 11.0. The average molecular weight is 1110 g/mol. The summed E-state index contributed by atoms with van der Waals surface area (Å²) in [7, 11) is -3.37. The topological polar surface area (TPSA) is 245 Å². The minimum atomic E-state index is -5.09. The second kappa shape index (κ2) is 22.5. The first-order valence-electron chi connectivity index (χ1n) is 25.3. The number of nitrogens with two attached hydrogens (primary N) is 1. The number of fused-ring (bicyclic) bond motifs is 1. The number of rotatable bonds is 18. The molecule has 0 bridgehead atoms. The number of aliphatic hydroxyl groups is 1. The standard InChI is InChI=1S/C54H61F3N12O7S2/c1-30-48(77-29-61-30)34-9-7-32(8-10-34)23-60-51(72)42-22-39(70)28-68(42)52(73)49(54(3,4)5)63-44(71)18-20-67-19-17-38(27-67)69-26-36(24-62-69)40-25-59-50(58)45-46(64-66(6)47(40)45)35-13-16-41(65-78(74,75)53(56)57)43(21-35)76-31(2)33-11-14-37(55)15-12-33/h7-16,21,24-26,29,31,38-39,42,49,53,65,70H,17-20,22-23,27-28H2,1-6H3,(H2,58,59)(H,60,72)(H,63,71)/t31-,38?,39+,42-,49+/m0/s1. The van der Waals surface area contributed by atoms with Crippen LogP contribution in [0, 0.1) is 18.2 Å². The molecule has 24 heteroatoms. The van der Waals surface area contributed by atoms with Crippen LogP contribution in [0.3, 0.4) is 0 Å². The maximum atomic E-state index is 14.3. The van der Waals surface area contributed by atoms with E-state index in [2.05, 4.69) is 25.5 Å². The third-order valence-electron chi connectivity index (χ3n) is 14.2. The number of aryl methyl sites for hydroxylation is 2. The molecule has 0 spiro atoms. The summed E-state index contributed by atoms with van der Waals surface area (Å²) < 4.78 is 76.9. The summed E-state index contributed by atoms with van der Waals surface area (Å²) in [5, 5.41) is 26.6. The minimum absolute atomic E-state index is 0.0356. The van der Waals surface area contributed by atoms with Crippen molar-refractivity contribution < 1.29 is 45.8 Å². The van der Waals surface area contributed by atoms with Gasteiger partial charge in [-0.05, 0) is 66.6 Å². The van der Waals surface area contributed by atoms with Gasteiger partial charge in [0.1, 0.15) is 41.3 Å². The number of β-amino-alcohol motifs (C(OH)–C–C–N with tert-alkyl or cyclic N) is 1. The van der Waals surface area contributed by atoms with Crippen molar-refractivity contribution in [2.45, 2.75) is 96.5 Å². The van der Waals surface area contributed by atoms with Crippen molar-refractivity contribution in [1.82, 2.24) is 50.0 Å². The Morgan fingerprint density at radius 3 is 2.41 bits per heavy atom. The van der Waals surface area contributed by atoms with Crippen molar-refractivity contribution in [3.63, 3.8) is 0 Å². The predicted octanol–water partition coefficient (Wildman–Crippen LogP) is 7.20. The number of pyridine rings is 1. The molecule has 2 fully saturated rings. The maximum absolute atomic E-state index is 14.3. The first-order valence-corrected chi connectivity index (χ1v) is 27.8. The van der Waals surface area contributed by atoms with Crippen LogP contribution in [0.1, 0.15) is 75.9 Å². The van der Waals surface area contributed by atoms with Crippen LogP contribution in [0.25, 0.3) is 43.7 Å². The molecule has 19 nitrogen and oxygen atoms in total. The van der Waals surface area contributed by atoms with E-state index in [0.717, 1.165) is 28.1 Å². The Kier molecular flexibility index (Phi) is 16.0. The van der Waals surface area contributed by atoms with E-state index in [4.69, 9.17) is 20.7 Å². The highest BCUT2D eigenvalue weighted by atomic mass is 32.2. The molecule has 0 aliphatic carbocycles. The number of thiazole rings is 1. The molecule has 6 heterocycles. The van der Waals surface area contributed by atoms with Crippen molar-refractivity contribution >= 4 is 61.5 Å². The Morgan fingerprint density at radius 1 is 0.987 bits per heavy atom. The number of hydrogen-bond acceptors (Lipinski definition) is 14. The fourth-order valence-electron chi connectivity index (χ4n) is 9.97. The third-order valence-corrected chi connectivity index (χ3v) is 16.1. The second-order valence-corrected chi connectivity index (χ2v) is 23.3. The van der Waals surface area contributed by atoms with Crippen LogP contribution in [-0.2, 0) is 38.0 Å². The van der Waals surface area contributed by atoms with Gasteiger partial charge in [0.05, 0.1) is 51.0 Å². The Balaban J connectivity index is 0.840. The Morgan fingerprint density at radius 2 is 1.72 bits per heavy atom. The van der Waals surface area contributed by atoms with Gasteiger partial charge in [-0.15, -0.1) is 11.3 Å². The number of nitrogens with zero attached hydrogens (tertiary/aromatic N) is 8. The van der Waals surface area contributed by atoms with Crippen molar-refractivity contribution in [3.8, 4) is 38.6 Å². The average Bonchev–Trinajstić information content (AvgIpc) is 4.33. The Labute approximate surface area is 453 Å². The van der Waals surface area contributed by atoms with E-state index in [1.807, 2.05) is 67.6 Å². The van der Waals surface area contributed by atoms with Crippen LogP contribution >= 0.6 is 11.3 Å². The molecule has 5 atom stereocenters. The normalized spacial score (nSPS) is 17.9. The lowest BCUT2D eigenvalue weighted by molar-refractivity contribution is -0.144. The van der Waals surface area contributed by atoms with Gasteiger partial charge >= 0.3 is 5.76 Å². The lowest BCUT2D eigenvalue weighted by Crippen LogP contribution is -2.57. The number of nitrogen functional groups attached to an aromatic ring is 1. The number of carbonyl (C=O) groups excluding carboxylic acids is 3. The number of nitrogens with one attached hydrogen (secondary N) is 3. The number of amides is 3. The summed E-state index contributed by atoms with van der Waals surface area (Å²) in [5.41, 5.74) is 13.5. The number of halogens is 3. The molecule has 0 radical (unpaired) electrons. The van der Waals surface area contributed by atoms with Crippen LogP contribution < -0.4 is 25.8 Å². The highest BCUT2D eigenvalue weighted by Crippen LogP contribution is 2.41. The molecule has 78 heavy (non-hydrogen) atoms. The van der Waals surface area contributed by atoms with Gasteiger partial charge in [0.25, 0.3) is 10.0 Å². The zero-order valence-electron chi connectivity index (χ0n) is 43.8. The monoisotopic (exact) mass is 1110 g/mol. The number of sulfonamides is 1. The van der Waals surface area contributed by atoms with Gasteiger partial charge in [0.2, 0.25) is 17.7 Å². The van der Waals surface area contributed by atoms with Crippen LogP contribution in [0.15, 0.2) is 90.8 Å². The molecule has 412 valence electrons. The number of aromatic nitrogens is 6. The van der Waals surface area contributed by atoms with Gasteiger partial charge in [-0.25, -0.2) is 22.8 Å². The fraction of sp³-hybridized carbons (Fsp3) is 0.389. The van der Waals surface area contributed by atoms with E-state index in [1.54, 1.807) is 47.9 Å². The van der Waals surface area contributed by atoms with E-state index < -0.39 is 57.2 Å². The predicted molar refractivity (Wildman–Crippen MR) is 290 cm³/mol. The van der Waals surface area contributed by atoms with Gasteiger partial charge in [-0.1, -0.05) is 63.2 Å². The lowest BCUT2D eigenvalue weighted by Gasteiger charge is -2.35. The number of carbonyl (C=O) groups is 3. The molecule has 1 unspecified atom stereocenters. The lowest BCUT2D eigenvalue weighted by atomic mass is 9.85. The molecule has 2 aliphatic rings. The van der Waals surface area contributed by atoms with Crippen LogP contribution in [0.5, 0.6) is 5.75 Å². The molecule has 9 rings (SSSR count). The Hall–Kier alpha value is -7.41. The van der Waals surface area contributed by atoms with E-state index in [-0.39, 0.29) is 61.0 Å². The van der Waals surface area contributed by atoms with Crippen molar-refractivity contribution in [2.75, 3.05) is 36.6 Å². The van der Waals surface area contributed by atoms with Crippen LogP contribution in [-0.4, -0.2) is 121 Å². The quantitative estimate of drug-likeness (QED) is 0.0572. The zero-order chi connectivity index (χ0) is 55.8. The van der Waals surface area contributed by atoms with Gasteiger partial charge in [0.15, 0.2) is 0 Å². The number of ether oxygens (including phenoxy) is 1. The van der Waals surface area contributed by atoms with Gasteiger partial charge in [0, 0.05) is 81.7 Å². The maximum Gasteiger partial charge on any atom is 0.355 e. The molecule has 3 aromatic carbocycles. The third kappa shape index (κ3) is 12.0. The molecular weight excluding hydrogens is 1050 g/mol. The van der Waals surface area contributed by atoms with Crippen molar-refractivity contribution in [3.05, 3.63) is 113 Å². The summed E-state index contributed by atoms with van der Waals surface area (Å²) in [6, 6.07) is 15.6. The minimum Gasteiger partial charge on any atom is -0.484 e. The van der Waals surface area contributed by atoms with E-state index >= 15 is 0 Å². The second-order valence-electron chi connectivity index (χ2n) is 20.8. The number of anilines is 2. The highest BCUT2D eigenvalue weighted by molar-refractivity contribution is 7.93. The van der Waals surface area contributed by atoms with E-state index in [1.165, 1.54) is 47.4 Å². The number of likely N-dealkylation sites (tertiary alicyclic amines) is 2. The number of benzene rings is 3. The van der Waals surface area contributed by atoms with Gasteiger partial charge in [-0.3, -0.25) is 28.5 Å². The SMILES string of the molecule is Cc1ncsc1-c1ccc(CNC(=O)[C@@H]2C[C@@H](O)CN2C(=O)[C@@H](NC(=O)CCN2CCC(n3cc(-c4cnc(N)c5c(-c6ccc(NS(=O)(=O)C(F)F)c(O[C@@H](C)c7ccc(F)cc7)c6)nn(C)c45)cn3)C2)C(C)(C)C)cc1. The summed E-state index contributed by atoms with van der Waals surface area (Å²) in [4.78, 5) is 55.0. The van der Waals surface area contributed by atoms with E-state index in [9.17, 15) is 41.1 Å². The number of alkyl halides is 2. The summed E-state index contributed by atoms with van der Waals surface area (Å²) >= 11 is 1.56. The van der Waals surface area contributed by atoms with Crippen molar-refractivity contribution in [1.29, 1.82) is 0 Å². The van der Waals surface area contributed by atoms with E-state index in [0.29, 0.717) is 58.5 Å². The molecule has 2 aliphatic heterocycles. The van der Waals surface area contributed by atoms with Crippen molar-refractivity contribution in [2.24, 2.45) is 12.5 Å². The summed E-state index contributed by atoms with van der Waals surface area (Å²) in [5.74, 6) is -5.29. The highest BCUT2D eigenvalue weighted by Gasteiger charge is 2.44. The Bertz CT molecular complexity index is 3460. The largest absolute Gasteiger partial charge is 0.484 e. The molecule has 7 aromatic rings. The first-order chi connectivity index (χ1) is 37.0. The summed E-state index contributed by atoms with van der Waals surface area (Å²) in [6.07, 6.45) is 4.49. The molecule has 6 N–H and O–H groups in total. The van der Waals surface area contributed by atoms with Gasteiger partial charge in [-0.2, -0.15) is 19.0 Å². The number of hydrogen-bond donors (Lipinski definition) is 5. The molecule has 3 amide bonds. The van der Waals surface area contributed by atoms with Crippen LogP contribution in [0.4, 0.5) is 24.7 Å². The molecule has 2 saturated heterocycles. The zero-order valence-corrected chi connectivity index (χ0v) is 45.4. The number of aliphatic hydroxyl groups excluding tert-OH is 1. The molecule has 0 saturated carbocycles. The van der Waals surface area contributed by atoms with Crippen LogP contribution in [0.2, 0.25) is 0 Å². The van der Waals surface area contributed by atoms with Gasteiger partial charge < -0.3 is 36.0 Å².